The minimum absolute atomic E-state index is 0.0384. The molecule has 0 unspecified atom stereocenters. The number of aromatic carboxylic acids is 1. The van der Waals surface area contributed by atoms with Gasteiger partial charge in [0.15, 0.2) is 0 Å². The van der Waals surface area contributed by atoms with Crippen LogP contribution in [0.5, 0.6) is 5.75 Å². The van der Waals surface area contributed by atoms with E-state index in [0.29, 0.717) is 12.7 Å². The molecule has 0 aliphatic carbocycles. The summed E-state index contributed by atoms with van der Waals surface area (Å²) in [5, 5.41) is 8.68. The highest BCUT2D eigenvalue weighted by Crippen LogP contribution is 2.36. The van der Waals surface area contributed by atoms with E-state index in [4.69, 9.17) is 14.6 Å². The van der Waals surface area contributed by atoms with Gasteiger partial charge in [-0.05, 0) is 25.1 Å². The molecule has 0 saturated heterocycles. The van der Waals surface area contributed by atoms with E-state index in [-0.39, 0.29) is 13.2 Å². The number of hydrogen-bond acceptors (Lipinski definition) is 3. The summed E-state index contributed by atoms with van der Waals surface area (Å²) in [7, 11) is 0. The molecule has 7 heteroatoms. The van der Waals surface area contributed by atoms with Gasteiger partial charge >= 0.3 is 12.1 Å². The number of ether oxygens (including phenoxy) is 2. The monoisotopic (exact) mass is 278 g/mol. The molecule has 0 spiro atoms. The Bertz CT molecular complexity index is 443. The van der Waals surface area contributed by atoms with E-state index in [1.54, 1.807) is 6.92 Å². The van der Waals surface area contributed by atoms with Crippen molar-refractivity contribution in [1.82, 2.24) is 0 Å². The number of carboxylic acids is 1. The Hall–Kier alpha value is -1.76. The summed E-state index contributed by atoms with van der Waals surface area (Å²) >= 11 is 0. The van der Waals surface area contributed by atoms with E-state index in [9.17, 15) is 18.0 Å². The smallest absolute Gasteiger partial charge is 0.419 e. The number of carbonyl (C=O) groups is 1. The Kier molecular flexibility index (Phi) is 5.17. The van der Waals surface area contributed by atoms with Crippen LogP contribution in [0.2, 0.25) is 0 Å². The summed E-state index contributed by atoms with van der Waals surface area (Å²) in [4.78, 5) is 10.7. The lowest BCUT2D eigenvalue weighted by Crippen LogP contribution is -2.13. The third kappa shape index (κ3) is 4.44. The summed E-state index contributed by atoms with van der Waals surface area (Å²) < 4.78 is 48.2. The fourth-order valence-electron chi connectivity index (χ4n) is 1.37. The van der Waals surface area contributed by atoms with Crippen molar-refractivity contribution in [2.24, 2.45) is 0 Å². The summed E-state index contributed by atoms with van der Waals surface area (Å²) in [5.74, 6) is -1.83. The van der Waals surface area contributed by atoms with Crippen LogP contribution >= 0.6 is 0 Å². The minimum atomic E-state index is -4.67. The van der Waals surface area contributed by atoms with Crippen molar-refractivity contribution < 1.29 is 32.5 Å². The number of hydrogen-bond donors (Lipinski definition) is 1. The number of alkyl halides is 3. The number of benzene rings is 1. The lowest BCUT2D eigenvalue weighted by molar-refractivity contribution is -0.139. The highest BCUT2D eigenvalue weighted by atomic mass is 19.4. The van der Waals surface area contributed by atoms with Gasteiger partial charge in [0.1, 0.15) is 12.4 Å². The van der Waals surface area contributed by atoms with E-state index < -0.39 is 29.0 Å². The van der Waals surface area contributed by atoms with Crippen LogP contribution in [-0.4, -0.2) is 30.9 Å². The first-order chi connectivity index (χ1) is 8.86. The van der Waals surface area contributed by atoms with E-state index in [1.165, 1.54) is 0 Å². The van der Waals surface area contributed by atoms with Gasteiger partial charge in [0, 0.05) is 6.61 Å². The van der Waals surface area contributed by atoms with E-state index in [1.807, 2.05) is 0 Å². The molecule has 0 aliphatic rings. The summed E-state index contributed by atoms with van der Waals surface area (Å²) in [6.07, 6.45) is -4.67. The van der Waals surface area contributed by atoms with Crippen molar-refractivity contribution in [2.75, 3.05) is 19.8 Å². The van der Waals surface area contributed by atoms with Crippen molar-refractivity contribution in [3.8, 4) is 5.75 Å². The predicted octanol–water partition coefficient (Wildman–Crippen LogP) is 2.82. The van der Waals surface area contributed by atoms with Crippen LogP contribution in [0.25, 0.3) is 0 Å². The average Bonchev–Trinajstić information content (AvgIpc) is 2.33. The molecule has 0 bridgehead atoms. The van der Waals surface area contributed by atoms with E-state index in [0.717, 1.165) is 12.1 Å². The third-order valence-corrected chi connectivity index (χ3v) is 2.22. The molecule has 19 heavy (non-hydrogen) atoms. The van der Waals surface area contributed by atoms with E-state index >= 15 is 0 Å². The summed E-state index contributed by atoms with van der Waals surface area (Å²) in [6, 6.07) is 2.62. The van der Waals surface area contributed by atoms with Gasteiger partial charge in [-0.25, -0.2) is 4.79 Å². The number of rotatable bonds is 6. The molecule has 1 N–H and O–H groups in total. The zero-order valence-corrected chi connectivity index (χ0v) is 10.2. The first-order valence-electron chi connectivity index (χ1n) is 5.51. The molecule has 0 saturated carbocycles. The van der Waals surface area contributed by atoms with Gasteiger partial charge in [-0.15, -0.1) is 0 Å². The van der Waals surface area contributed by atoms with Gasteiger partial charge < -0.3 is 14.6 Å². The quantitative estimate of drug-likeness (QED) is 0.813. The maximum atomic E-state index is 12.8. The first kappa shape index (κ1) is 15.3. The predicted molar refractivity (Wildman–Crippen MR) is 60.4 cm³/mol. The summed E-state index contributed by atoms with van der Waals surface area (Å²) in [6.45, 7) is 2.31. The van der Waals surface area contributed by atoms with Gasteiger partial charge in [0.25, 0.3) is 0 Å². The highest BCUT2D eigenvalue weighted by Gasteiger charge is 2.35. The minimum Gasteiger partial charge on any atom is -0.491 e. The van der Waals surface area contributed by atoms with Crippen molar-refractivity contribution in [2.45, 2.75) is 13.1 Å². The second kappa shape index (κ2) is 6.42. The van der Waals surface area contributed by atoms with Crippen LogP contribution in [-0.2, 0) is 10.9 Å². The van der Waals surface area contributed by atoms with Crippen molar-refractivity contribution in [3.63, 3.8) is 0 Å². The van der Waals surface area contributed by atoms with Gasteiger partial charge in [-0.2, -0.15) is 13.2 Å². The molecular formula is C12H13F3O4. The van der Waals surface area contributed by atoms with Crippen LogP contribution in [0.4, 0.5) is 13.2 Å². The van der Waals surface area contributed by atoms with Gasteiger partial charge in [-0.3, -0.25) is 0 Å². The second-order valence-corrected chi connectivity index (χ2v) is 3.56. The Morgan fingerprint density at radius 2 is 2.00 bits per heavy atom. The number of carboxylic acid groups (broad SMARTS) is 1. The van der Waals surface area contributed by atoms with Crippen LogP contribution in [0.3, 0.4) is 0 Å². The average molecular weight is 278 g/mol. The standard InChI is InChI=1S/C12H13F3O4/c1-2-18-5-6-19-10-4-3-8(11(16)17)7-9(10)12(13,14)15/h3-4,7H,2,5-6H2,1H3,(H,16,17). The molecule has 0 aliphatic heterocycles. The molecular weight excluding hydrogens is 265 g/mol. The Morgan fingerprint density at radius 3 is 2.53 bits per heavy atom. The Labute approximate surface area is 107 Å². The summed E-state index contributed by atoms with van der Waals surface area (Å²) in [5.41, 5.74) is -1.55. The zero-order chi connectivity index (χ0) is 14.5. The van der Waals surface area contributed by atoms with Crippen LogP contribution in [0.15, 0.2) is 18.2 Å². The Balaban J connectivity index is 2.93. The van der Waals surface area contributed by atoms with Gasteiger partial charge in [0.05, 0.1) is 17.7 Å². The van der Waals surface area contributed by atoms with Crippen LogP contribution in [0.1, 0.15) is 22.8 Å². The first-order valence-corrected chi connectivity index (χ1v) is 5.51. The van der Waals surface area contributed by atoms with Gasteiger partial charge in [-0.1, -0.05) is 0 Å². The molecule has 1 rings (SSSR count). The number of halogens is 3. The molecule has 1 aromatic rings. The third-order valence-electron chi connectivity index (χ3n) is 2.22. The fraction of sp³-hybridized carbons (Fsp3) is 0.417. The topological polar surface area (TPSA) is 55.8 Å². The van der Waals surface area contributed by atoms with E-state index in [2.05, 4.69) is 0 Å². The lowest BCUT2D eigenvalue weighted by Gasteiger charge is -2.14. The maximum absolute atomic E-state index is 12.8. The molecule has 0 amide bonds. The molecule has 0 fully saturated rings. The fourth-order valence-corrected chi connectivity index (χ4v) is 1.37. The molecule has 0 atom stereocenters. The Morgan fingerprint density at radius 1 is 1.32 bits per heavy atom. The van der Waals surface area contributed by atoms with Crippen molar-refractivity contribution in [1.29, 1.82) is 0 Å². The largest absolute Gasteiger partial charge is 0.491 e. The molecule has 0 heterocycles. The van der Waals surface area contributed by atoms with Crippen molar-refractivity contribution in [3.05, 3.63) is 29.3 Å². The molecule has 4 nitrogen and oxygen atoms in total. The van der Waals surface area contributed by atoms with Crippen molar-refractivity contribution >= 4 is 5.97 Å². The van der Waals surface area contributed by atoms with Gasteiger partial charge in [0.2, 0.25) is 0 Å². The molecule has 1 aromatic carbocycles. The van der Waals surface area contributed by atoms with Crippen LogP contribution in [0, 0.1) is 0 Å². The lowest BCUT2D eigenvalue weighted by atomic mass is 10.1. The normalized spacial score (nSPS) is 11.4. The molecule has 0 radical (unpaired) electrons. The van der Waals surface area contributed by atoms with Crippen LogP contribution < -0.4 is 4.74 Å². The zero-order valence-electron chi connectivity index (χ0n) is 10.2. The highest BCUT2D eigenvalue weighted by molar-refractivity contribution is 5.88. The second-order valence-electron chi connectivity index (χ2n) is 3.56. The molecule has 106 valence electrons. The maximum Gasteiger partial charge on any atom is 0.419 e. The molecule has 0 aromatic heterocycles. The SMILES string of the molecule is CCOCCOc1ccc(C(=O)O)cc1C(F)(F)F.